The van der Waals surface area contributed by atoms with Gasteiger partial charge in [0.25, 0.3) is 0 Å². The Hall–Kier alpha value is -3.10. The molecule has 0 atom stereocenters. The molecule has 0 radical (unpaired) electrons. The average Bonchev–Trinajstić information content (AvgIpc) is 3.53. The number of nitrogens with zero attached hydrogens (tertiary/aromatic N) is 5. The summed E-state index contributed by atoms with van der Waals surface area (Å²) in [6.07, 6.45) is 1.74. The second-order valence-corrected chi connectivity index (χ2v) is 8.53. The highest BCUT2D eigenvalue weighted by Gasteiger charge is 2.24. The zero-order valence-corrected chi connectivity index (χ0v) is 17.2. The lowest BCUT2D eigenvalue weighted by Crippen LogP contribution is -2.38. The Morgan fingerprint density at radius 1 is 1.10 bits per heavy atom. The molecule has 4 aromatic rings. The molecule has 0 unspecified atom stereocenters. The van der Waals surface area contributed by atoms with E-state index in [2.05, 4.69) is 56.0 Å². The van der Waals surface area contributed by atoms with Crippen molar-refractivity contribution in [1.82, 2.24) is 24.6 Å². The molecule has 0 saturated carbocycles. The fraction of sp³-hybridized carbons (Fsp3) is 0.143. The van der Waals surface area contributed by atoms with Crippen LogP contribution in [0.15, 0.2) is 53.7 Å². The van der Waals surface area contributed by atoms with Gasteiger partial charge >= 0.3 is 0 Å². The summed E-state index contributed by atoms with van der Waals surface area (Å²) in [5, 5.41) is 22.3. The van der Waals surface area contributed by atoms with Crippen molar-refractivity contribution in [3.05, 3.63) is 70.1 Å². The smallest absolute Gasteiger partial charge is 0.183 e. The topological polar surface area (TPSA) is 70.7 Å². The number of fused-ring (bicyclic) bond motifs is 1. The summed E-state index contributed by atoms with van der Waals surface area (Å²) in [7, 11) is 0. The van der Waals surface area contributed by atoms with Crippen molar-refractivity contribution in [2.75, 3.05) is 6.54 Å². The van der Waals surface area contributed by atoms with E-state index >= 15 is 0 Å². The highest BCUT2D eigenvalue weighted by atomic mass is 32.1. The van der Waals surface area contributed by atoms with Crippen molar-refractivity contribution in [1.29, 1.82) is 5.41 Å². The summed E-state index contributed by atoms with van der Waals surface area (Å²) in [4.78, 5) is 7.82. The van der Waals surface area contributed by atoms with Crippen molar-refractivity contribution < 1.29 is 0 Å². The summed E-state index contributed by atoms with van der Waals surface area (Å²) in [6.45, 7) is 5.80. The molecule has 1 aromatic carbocycles. The number of amidine groups is 1. The number of aromatic nitrogens is 4. The molecule has 1 N–H and O–H groups in total. The first kappa shape index (κ1) is 18.0. The van der Waals surface area contributed by atoms with Gasteiger partial charge in [0.1, 0.15) is 16.5 Å². The van der Waals surface area contributed by atoms with E-state index in [4.69, 9.17) is 5.41 Å². The maximum Gasteiger partial charge on any atom is 0.183 e. The maximum absolute atomic E-state index is 8.66. The van der Waals surface area contributed by atoms with E-state index in [1.807, 2.05) is 22.4 Å². The molecule has 0 aliphatic carbocycles. The molecule has 0 spiro atoms. The SMILES string of the molecule is C=Cc1nc(-c2nnc3n2CCN(C(=N)c2ccc(-c4cccs4)cc2)C3)cs1. The van der Waals surface area contributed by atoms with Gasteiger partial charge in [-0.1, -0.05) is 36.9 Å². The van der Waals surface area contributed by atoms with E-state index < -0.39 is 0 Å². The highest BCUT2D eigenvalue weighted by molar-refractivity contribution is 7.13. The number of thiazole rings is 1. The highest BCUT2D eigenvalue weighted by Crippen LogP contribution is 2.27. The Morgan fingerprint density at radius 3 is 2.69 bits per heavy atom. The Morgan fingerprint density at radius 2 is 1.97 bits per heavy atom. The number of hydrogen-bond acceptors (Lipinski definition) is 6. The van der Waals surface area contributed by atoms with Crippen LogP contribution >= 0.6 is 22.7 Å². The average molecular weight is 419 g/mol. The van der Waals surface area contributed by atoms with E-state index in [9.17, 15) is 0 Å². The Kier molecular flexibility index (Phi) is 4.57. The molecule has 6 nitrogen and oxygen atoms in total. The summed E-state index contributed by atoms with van der Waals surface area (Å²) < 4.78 is 2.10. The predicted molar refractivity (Wildman–Crippen MR) is 118 cm³/mol. The van der Waals surface area contributed by atoms with Gasteiger partial charge in [-0.25, -0.2) is 4.98 Å². The minimum atomic E-state index is 0.515. The van der Waals surface area contributed by atoms with Crippen LogP contribution in [0.3, 0.4) is 0 Å². The maximum atomic E-state index is 8.66. The van der Waals surface area contributed by atoms with Crippen molar-refractivity contribution in [2.24, 2.45) is 0 Å². The molecular weight excluding hydrogens is 400 g/mol. The number of nitrogens with one attached hydrogen (secondary N) is 1. The zero-order valence-electron chi connectivity index (χ0n) is 15.6. The second kappa shape index (κ2) is 7.38. The van der Waals surface area contributed by atoms with Gasteiger partial charge in [-0.05, 0) is 23.1 Å². The first-order valence-corrected chi connectivity index (χ1v) is 11.0. The van der Waals surface area contributed by atoms with Crippen LogP contribution in [0.5, 0.6) is 0 Å². The van der Waals surface area contributed by atoms with Crippen molar-refractivity contribution in [2.45, 2.75) is 13.1 Å². The van der Waals surface area contributed by atoms with Gasteiger partial charge in [-0.15, -0.1) is 32.9 Å². The summed E-state index contributed by atoms with van der Waals surface area (Å²) in [6, 6.07) is 12.4. The molecule has 0 bridgehead atoms. The summed E-state index contributed by atoms with van der Waals surface area (Å²) in [5.41, 5.74) is 2.92. The quantitative estimate of drug-likeness (QED) is 0.388. The van der Waals surface area contributed by atoms with Gasteiger partial charge in [0.05, 0.1) is 6.54 Å². The van der Waals surface area contributed by atoms with Crippen LogP contribution in [0.25, 0.3) is 28.0 Å². The number of thiophene rings is 1. The predicted octanol–water partition coefficient (Wildman–Crippen LogP) is 4.61. The van der Waals surface area contributed by atoms with Gasteiger partial charge in [0.2, 0.25) is 0 Å². The van der Waals surface area contributed by atoms with E-state index in [1.165, 1.54) is 10.4 Å². The third kappa shape index (κ3) is 3.30. The monoisotopic (exact) mass is 418 g/mol. The molecule has 1 aliphatic heterocycles. The van der Waals surface area contributed by atoms with Crippen LogP contribution in [0.2, 0.25) is 0 Å². The van der Waals surface area contributed by atoms with Gasteiger partial charge < -0.3 is 9.47 Å². The minimum Gasteiger partial charge on any atom is -0.347 e. The van der Waals surface area contributed by atoms with Crippen LogP contribution in [0, 0.1) is 5.41 Å². The molecule has 5 rings (SSSR count). The van der Waals surface area contributed by atoms with E-state index in [1.54, 1.807) is 28.7 Å². The zero-order chi connectivity index (χ0) is 19.8. The van der Waals surface area contributed by atoms with Crippen LogP contribution in [0.1, 0.15) is 16.4 Å². The molecule has 3 aromatic heterocycles. The molecular formula is C21H18N6S2. The van der Waals surface area contributed by atoms with Gasteiger partial charge in [0, 0.05) is 28.9 Å². The molecule has 8 heteroatoms. The molecule has 144 valence electrons. The number of benzene rings is 1. The van der Waals surface area contributed by atoms with Gasteiger partial charge in [-0.3, -0.25) is 5.41 Å². The Balaban J connectivity index is 1.34. The number of rotatable bonds is 4. The molecule has 0 saturated heterocycles. The van der Waals surface area contributed by atoms with Crippen LogP contribution in [0.4, 0.5) is 0 Å². The van der Waals surface area contributed by atoms with E-state index in [0.717, 1.165) is 41.0 Å². The molecule has 0 amide bonds. The Labute approximate surface area is 176 Å². The summed E-state index contributed by atoms with van der Waals surface area (Å²) >= 11 is 3.27. The standard InChI is InChI=1S/C21H18N6S2/c1-2-19-23-16(13-29-19)21-25-24-18-12-26(9-10-27(18)21)20(22)15-7-5-14(6-8-15)17-4-3-11-28-17/h2-8,11,13,22H,1,9-10,12H2. The first-order valence-electron chi connectivity index (χ1n) is 9.21. The Bertz CT molecular complexity index is 1170. The fourth-order valence-corrected chi connectivity index (χ4v) is 4.81. The molecule has 29 heavy (non-hydrogen) atoms. The third-order valence-electron chi connectivity index (χ3n) is 4.96. The number of hydrogen-bond donors (Lipinski definition) is 1. The van der Waals surface area contributed by atoms with E-state index in [-0.39, 0.29) is 0 Å². The van der Waals surface area contributed by atoms with Crippen LogP contribution < -0.4 is 0 Å². The normalized spacial score (nSPS) is 13.3. The molecule has 0 fully saturated rings. The molecule has 4 heterocycles. The largest absolute Gasteiger partial charge is 0.347 e. The third-order valence-corrected chi connectivity index (χ3v) is 6.72. The lowest BCUT2D eigenvalue weighted by molar-refractivity contribution is 0.330. The fourth-order valence-electron chi connectivity index (χ4n) is 3.44. The van der Waals surface area contributed by atoms with Crippen molar-refractivity contribution in [3.8, 4) is 22.0 Å². The van der Waals surface area contributed by atoms with Crippen molar-refractivity contribution in [3.63, 3.8) is 0 Å². The van der Waals surface area contributed by atoms with E-state index in [0.29, 0.717) is 12.4 Å². The van der Waals surface area contributed by atoms with Crippen LogP contribution in [-0.4, -0.2) is 37.0 Å². The van der Waals surface area contributed by atoms with Crippen molar-refractivity contribution >= 4 is 34.6 Å². The lowest BCUT2D eigenvalue weighted by atomic mass is 10.1. The van der Waals surface area contributed by atoms with Gasteiger partial charge in [0.15, 0.2) is 11.6 Å². The van der Waals surface area contributed by atoms with Crippen LogP contribution in [-0.2, 0) is 13.1 Å². The minimum absolute atomic E-state index is 0.515. The second-order valence-electron chi connectivity index (χ2n) is 6.69. The first-order chi connectivity index (χ1) is 14.2. The molecule has 1 aliphatic rings. The lowest BCUT2D eigenvalue weighted by Gasteiger charge is -2.29. The van der Waals surface area contributed by atoms with Gasteiger partial charge in [-0.2, -0.15) is 0 Å². The summed E-state index contributed by atoms with van der Waals surface area (Å²) in [5.74, 6) is 2.16.